The summed E-state index contributed by atoms with van der Waals surface area (Å²) in [6.45, 7) is 0.429. The minimum Gasteiger partial charge on any atom is -0.760 e. The lowest BCUT2D eigenvalue weighted by atomic mass is 10.0. The number of aromatic nitrogens is 1. The van der Waals surface area contributed by atoms with Crippen LogP contribution in [0.4, 0.5) is 4.39 Å². The zero-order chi connectivity index (χ0) is 20.1. The number of hydrogen-bond donors (Lipinski definition) is 1. The van der Waals surface area contributed by atoms with Gasteiger partial charge in [0.25, 0.3) is 5.56 Å². The third-order valence-electron chi connectivity index (χ3n) is 4.26. The van der Waals surface area contributed by atoms with E-state index in [9.17, 15) is 17.9 Å². The number of pyridine rings is 1. The van der Waals surface area contributed by atoms with E-state index in [2.05, 4.69) is 4.72 Å². The Balaban J connectivity index is 1.79. The highest BCUT2D eigenvalue weighted by Crippen LogP contribution is 2.20. The predicted octanol–water partition coefficient (Wildman–Crippen LogP) is 3.28. The highest BCUT2D eigenvalue weighted by atomic mass is 35.5. The molecule has 0 radical (unpaired) electrons. The number of benzene rings is 2. The Morgan fingerprint density at radius 3 is 2.46 bits per heavy atom. The van der Waals surface area contributed by atoms with Crippen molar-refractivity contribution in [3.8, 4) is 11.1 Å². The van der Waals surface area contributed by atoms with Crippen LogP contribution < -0.4 is 10.3 Å². The van der Waals surface area contributed by atoms with Gasteiger partial charge in [-0.05, 0) is 41.3 Å². The summed E-state index contributed by atoms with van der Waals surface area (Å²) in [6.07, 6.45) is 2.26. The largest absolute Gasteiger partial charge is 0.760 e. The Bertz CT molecular complexity index is 1050. The maximum absolute atomic E-state index is 14.0. The van der Waals surface area contributed by atoms with E-state index in [1.54, 1.807) is 24.4 Å². The highest BCUT2D eigenvalue weighted by Gasteiger charge is 2.07. The van der Waals surface area contributed by atoms with Crippen molar-refractivity contribution in [3.63, 3.8) is 0 Å². The van der Waals surface area contributed by atoms with Gasteiger partial charge in [-0.15, -0.1) is 0 Å². The van der Waals surface area contributed by atoms with E-state index in [-0.39, 0.29) is 12.1 Å². The lowest BCUT2D eigenvalue weighted by molar-refractivity contribution is 0.523. The fraction of sp³-hybridized carbons (Fsp3) is 0.150. The molecule has 3 rings (SSSR count). The van der Waals surface area contributed by atoms with Gasteiger partial charge in [-0.2, -0.15) is 0 Å². The van der Waals surface area contributed by atoms with Crippen molar-refractivity contribution in [3.05, 3.63) is 93.1 Å². The van der Waals surface area contributed by atoms with Crippen LogP contribution in [0.25, 0.3) is 11.1 Å². The fourth-order valence-electron chi connectivity index (χ4n) is 2.80. The summed E-state index contributed by atoms with van der Waals surface area (Å²) in [5.74, 6) is -0.457. The zero-order valence-corrected chi connectivity index (χ0v) is 16.3. The molecule has 0 amide bonds. The molecule has 1 heterocycles. The molecule has 0 saturated carbocycles. The first-order valence-electron chi connectivity index (χ1n) is 8.49. The molecule has 2 aromatic carbocycles. The van der Waals surface area contributed by atoms with Crippen LogP contribution in [0.1, 0.15) is 11.1 Å². The molecule has 0 spiro atoms. The Labute approximate surface area is 169 Å². The van der Waals surface area contributed by atoms with Gasteiger partial charge in [0.1, 0.15) is 5.82 Å². The number of rotatable bonds is 7. The molecule has 3 aromatic rings. The van der Waals surface area contributed by atoms with E-state index >= 15 is 0 Å². The van der Waals surface area contributed by atoms with E-state index in [0.717, 1.165) is 16.7 Å². The lowest BCUT2D eigenvalue weighted by Gasteiger charge is -2.11. The Hall–Kier alpha value is -2.32. The number of halogens is 2. The van der Waals surface area contributed by atoms with Gasteiger partial charge in [0.05, 0.1) is 6.54 Å². The number of nitrogens with one attached hydrogen (secondary N) is 1. The van der Waals surface area contributed by atoms with Crippen molar-refractivity contribution in [1.82, 2.24) is 9.29 Å². The normalized spacial score (nSPS) is 12.1. The van der Waals surface area contributed by atoms with Crippen molar-refractivity contribution in [2.75, 3.05) is 6.54 Å². The molecule has 0 bridgehead atoms. The van der Waals surface area contributed by atoms with Crippen molar-refractivity contribution < 1.29 is 13.2 Å². The van der Waals surface area contributed by atoms with Gasteiger partial charge >= 0.3 is 0 Å². The minimum atomic E-state index is -2.26. The third kappa shape index (κ3) is 5.36. The molecule has 1 aromatic heterocycles. The van der Waals surface area contributed by atoms with Gasteiger partial charge in [-0.1, -0.05) is 41.9 Å². The smallest absolute Gasteiger partial charge is 0.250 e. The standard InChI is InChI=1S/C20H18ClFN2O3S/c21-18-7-5-17(19(22)11-18)13-24-12-16(6-8-20(24)25)15-3-1-14(2-4-15)9-10-23-28(26)27/h1-8,11-12,23H,9-10,13H2,(H,26,27)/p-1. The summed E-state index contributed by atoms with van der Waals surface area (Å²) in [5.41, 5.74) is 2.85. The molecule has 1 unspecified atom stereocenters. The van der Waals surface area contributed by atoms with Crippen LogP contribution in [0.15, 0.2) is 65.6 Å². The summed E-state index contributed by atoms with van der Waals surface area (Å²) >= 11 is 3.51. The summed E-state index contributed by atoms with van der Waals surface area (Å²) in [4.78, 5) is 12.2. The van der Waals surface area contributed by atoms with Gasteiger partial charge in [-0.3, -0.25) is 9.00 Å². The van der Waals surface area contributed by atoms with Crippen LogP contribution in [0.3, 0.4) is 0 Å². The average Bonchev–Trinajstić information content (AvgIpc) is 2.66. The van der Waals surface area contributed by atoms with Crippen LogP contribution in [-0.4, -0.2) is 19.9 Å². The maximum Gasteiger partial charge on any atom is 0.250 e. The van der Waals surface area contributed by atoms with E-state index in [4.69, 9.17) is 11.6 Å². The Kier molecular flexibility index (Phi) is 6.74. The summed E-state index contributed by atoms with van der Waals surface area (Å²) in [5, 5.41) is 0.305. The predicted molar refractivity (Wildman–Crippen MR) is 107 cm³/mol. The molecule has 1 N–H and O–H groups in total. The van der Waals surface area contributed by atoms with E-state index in [1.165, 1.54) is 16.7 Å². The van der Waals surface area contributed by atoms with Gasteiger partial charge in [0, 0.05) is 40.7 Å². The van der Waals surface area contributed by atoms with E-state index < -0.39 is 17.1 Å². The summed E-state index contributed by atoms with van der Waals surface area (Å²) in [7, 11) is 0. The molecule has 5 nitrogen and oxygen atoms in total. The van der Waals surface area contributed by atoms with Crippen molar-refractivity contribution in [2.24, 2.45) is 0 Å². The summed E-state index contributed by atoms with van der Waals surface area (Å²) in [6, 6.07) is 15.1. The van der Waals surface area contributed by atoms with Crippen LogP contribution in [0.2, 0.25) is 5.02 Å². The van der Waals surface area contributed by atoms with Crippen LogP contribution >= 0.6 is 11.6 Å². The van der Waals surface area contributed by atoms with Crippen molar-refractivity contribution in [2.45, 2.75) is 13.0 Å². The molecule has 8 heteroatoms. The first-order valence-corrected chi connectivity index (χ1v) is 9.94. The quantitative estimate of drug-likeness (QED) is 0.597. The summed E-state index contributed by atoms with van der Waals surface area (Å²) < 4.78 is 38.8. The Morgan fingerprint density at radius 2 is 1.79 bits per heavy atom. The van der Waals surface area contributed by atoms with Crippen molar-refractivity contribution >= 4 is 22.9 Å². The second kappa shape index (κ2) is 9.25. The number of hydrogen-bond acceptors (Lipinski definition) is 3. The fourth-order valence-corrected chi connectivity index (χ4v) is 3.23. The van der Waals surface area contributed by atoms with Crippen LogP contribution in [0, 0.1) is 5.82 Å². The zero-order valence-electron chi connectivity index (χ0n) is 14.7. The molecule has 1 atom stereocenters. The Morgan fingerprint density at radius 1 is 1.07 bits per heavy atom. The molecule has 0 saturated heterocycles. The van der Waals surface area contributed by atoms with Crippen LogP contribution in [0.5, 0.6) is 0 Å². The van der Waals surface area contributed by atoms with Gasteiger partial charge in [0.15, 0.2) is 0 Å². The van der Waals surface area contributed by atoms with Gasteiger partial charge in [0.2, 0.25) is 0 Å². The molecule has 0 aliphatic carbocycles. The molecule has 0 fully saturated rings. The van der Waals surface area contributed by atoms with Crippen LogP contribution in [-0.2, 0) is 24.2 Å². The molecular formula is C20H17ClFN2O3S-. The first-order chi connectivity index (χ1) is 13.4. The monoisotopic (exact) mass is 419 g/mol. The van der Waals surface area contributed by atoms with Gasteiger partial charge in [-0.25, -0.2) is 9.11 Å². The molecular weight excluding hydrogens is 403 g/mol. The third-order valence-corrected chi connectivity index (χ3v) is 4.94. The topological polar surface area (TPSA) is 74.2 Å². The molecule has 146 valence electrons. The second-order valence-electron chi connectivity index (χ2n) is 6.20. The number of nitrogens with zero attached hydrogens (tertiary/aromatic N) is 1. The van der Waals surface area contributed by atoms with E-state index in [1.807, 2.05) is 24.3 Å². The molecule has 0 aliphatic heterocycles. The average molecular weight is 420 g/mol. The minimum absolute atomic E-state index is 0.103. The van der Waals surface area contributed by atoms with Gasteiger partial charge < -0.3 is 9.12 Å². The first kappa shape index (κ1) is 20.4. The van der Waals surface area contributed by atoms with Crippen molar-refractivity contribution in [1.29, 1.82) is 0 Å². The lowest BCUT2D eigenvalue weighted by Crippen LogP contribution is -2.19. The SMILES string of the molecule is O=c1ccc(-c2ccc(CCNS(=O)[O-])cc2)cn1Cc1ccc(Cl)cc1F. The van der Waals surface area contributed by atoms with E-state index in [0.29, 0.717) is 23.6 Å². The molecule has 0 aliphatic rings. The second-order valence-corrected chi connectivity index (χ2v) is 7.39. The highest BCUT2D eigenvalue weighted by molar-refractivity contribution is 7.77. The molecule has 28 heavy (non-hydrogen) atoms. The maximum atomic E-state index is 14.0.